The summed E-state index contributed by atoms with van der Waals surface area (Å²) in [6.45, 7) is 8.06. The average molecular weight is 237 g/mol. The normalized spacial score (nSPS) is 19.7. The molecule has 1 amide bonds. The summed E-state index contributed by atoms with van der Waals surface area (Å²) in [7, 11) is 0. The fourth-order valence-corrected chi connectivity index (χ4v) is 1.93. The molecule has 1 atom stereocenters. The van der Waals surface area contributed by atoms with Crippen LogP contribution >= 0.6 is 0 Å². The van der Waals surface area contributed by atoms with Gasteiger partial charge in [0.05, 0.1) is 0 Å². The van der Waals surface area contributed by atoms with Crippen LogP contribution in [0, 0.1) is 23.7 Å². The van der Waals surface area contributed by atoms with E-state index < -0.39 is 11.7 Å². The summed E-state index contributed by atoms with van der Waals surface area (Å²) in [6, 6.07) is 0. The van der Waals surface area contributed by atoms with Gasteiger partial charge in [0.15, 0.2) is 0 Å². The number of ether oxygens (including phenoxy) is 1. The van der Waals surface area contributed by atoms with Crippen molar-refractivity contribution < 1.29 is 9.53 Å². The van der Waals surface area contributed by atoms with Crippen molar-refractivity contribution in [3.8, 4) is 12.3 Å². The van der Waals surface area contributed by atoms with Gasteiger partial charge in [-0.2, -0.15) is 0 Å². The molecule has 1 fully saturated rings. The largest absolute Gasteiger partial charge is 0.444 e. The summed E-state index contributed by atoms with van der Waals surface area (Å²) in [5.41, 5.74) is -0.706. The van der Waals surface area contributed by atoms with Crippen LogP contribution in [0.2, 0.25) is 0 Å². The highest BCUT2D eigenvalue weighted by molar-refractivity contribution is 5.67. The molecule has 1 rings (SSSR count). The Kier molecular flexibility index (Phi) is 4.08. The quantitative estimate of drug-likeness (QED) is 0.766. The average Bonchev–Trinajstić information content (AvgIpc) is 2.09. The van der Waals surface area contributed by atoms with Crippen LogP contribution < -0.4 is 5.32 Å². The molecule has 0 saturated heterocycles. The van der Waals surface area contributed by atoms with Crippen LogP contribution in [-0.2, 0) is 4.74 Å². The highest BCUT2D eigenvalue weighted by Crippen LogP contribution is 2.41. The lowest BCUT2D eigenvalue weighted by atomic mass is 9.66. The summed E-state index contributed by atoms with van der Waals surface area (Å²) >= 11 is 0. The zero-order valence-corrected chi connectivity index (χ0v) is 11.3. The van der Waals surface area contributed by atoms with E-state index in [2.05, 4.69) is 11.2 Å². The molecule has 0 aromatic rings. The molecule has 1 saturated carbocycles. The Labute approximate surface area is 104 Å². The Hall–Kier alpha value is -1.17. The molecule has 1 aliphatic rings. The Morgan fingerprint density at radius 2 is 2.00 bits per heavy atom. The molecule has 0 spiro atoms. The Morgan fingerprint density at radius 3 is 2.35 bits per heavy atom. The summed E-state index contributed by atoms with van der Waals surface area (Å²) in [4.78, 5) is 11.5. The maximum atomic E-state index is 11.5. The van der Waals surface area contributed by atoms with E-state index in [1.807, 2.05) is 27.7 Å². The first-order valence-corrected chi connectivity index (χ1v) is 6.21. The van der Waals surface area contributed by atoms with Crippen molar-refractivity contribution in [2.75, 3.05) is 6.54 Å². The van der Waals surface area contributed by atoms with E-state index in [0.717, 1.165) is 12.8 Å². The molecule has 0 aromatic carbocycles. The third-order valence-corrected chi connectivity index (χ3v) is 3.33. The van der Waals surface area contributed by atoms with Crippen LogP contribution in [0.5, 0.6) is 0 Å². The molecular formula is C14H23NO2. The number of alkyl carbamates (subject to hydrolysis) is 1. The number of hydrogen-bond donors (Lipinski definition) is 1. The first-order chi connectivity index (χ1) is 7.77. The van der Waals surface area contributed by atoms with Crippen molar-refractivity contribution in [1.82, 2.24) is 5.32 Å². The predicted molar refractivity (Wildman–Crippen MR) is 68.5 cm³/mol. The number of hydrogen-bond acceptors (Lipinski definition) is 2. The summed E-state index contributed by atoms with van der Waals surface area (Å²) in [6.07, 6.45) is 8.77. The van der Waals surface area contributed by atoms with Gasteiger partial charge in [-0.1, -0.05) is 12.3 Å². The highest BCUT2D eigenvalue weighted by atomic mass is 16.6. The van der Waals surface area contributed by atoms with Crippen LogP contribution in [0.25, 0.3) is 0 Å². The molecule has 0 aromatic heterocycles. The number of terminal acetylenes is 1. The zero-order valence-electron chi connectivity index (χ0n) is 11.3. The SMILES string of the molecule is C#CC(C)(CNC(=O)OC(C)(C)C)C1CCC1. The summed E-state index contributed by atoms with van der Waals surface area (Å²) < 4.78 is 5.19. The molecule has 1 unspecified atom stereocenters. The van der Waals surface area contributed by atoms with Crippen molar-refractivity contribution in [2.24, 2.45) is 11.3 Å². The van der Waals surface area contributed by atoms with Gasteiger partial charge in [-0.05, 0) is 46.5 Å². The minimum Gasteiger partial charge on any atom is -0.444 e. The second-order valence-electron chi connectivity index (χ2n) is 6.05. The van der Waals surface area contributed by atoms with Gasteiger partial charge >= 0.3 is 6.09 Å². The van der Waals surface area contributed by atoms with Gasteiger partial charge < -0.3 is 10.1 Å². The highest BCUT2D eigenvalue weighted by Gasteiger charge is 2.36. The maximum Gasteiger partial charge on any atom is 0.407 e. The Morgan fingerprint density at radius 1 is 1.41 bits per heavy atom. The molecule has 0 radical (unpaired) electrons. The predicted octanol–water partition coefficient (Wildman–Crippen LogP) is 2.95. The van der Waals surface area contributed by atoms with E-state index in [-0.39, 0.29) is 5.41 Å². The van der Waals surface area contributed by atoms with Gasteiger partial charge in [-0.25, -0.2) is 4.79 Å². The zero-order chi connectivity index (χ0) is 13.1. The third kappa shape index (κ3) is 3.96. The first kappa shape index (κ1) is 13.9. The molecule has 17 heavy (non-hydrogen) atoms. The smallest absolute Gasteiger partial charge is 0.407 e. The minimum atomic E-state index is -0.465. The Balaban J connectivity index is 2.43. The van der Waals surface area contributed by atoms with E-state index in [1.54, 1.807) is 0 Å². The van der Waals surface area contributed by atoms with E-state index in [1.165, 1.54) is 6.42 Å². The standard InChI is InChI=1S/C14H23NO2/c1-6-14(5,11-8-7-9-11)10-15-12(16)17-13(2,3)4/h1,11H,7-10H2,2-5H3,(H,15,16). The van der Waals surface area contributed by atoms with Crippen LogP contribution in [-0.4, -0.2) is 18.2 Å². The van der Waals surface area contributed by atoms with Crippen LogP contribution in [0.15, 0.2) is 0 Å². The monoisotopic (exact) mass is 237 g/mol. The first-order valence-electron chi connectivity index (χ1n) is 6.21. The van der Waals surface area contributed by atoms with E-state index >= 15 is 0 Å². The number of rotatable bonds is 3. The molecule has 1 aliphatic carbocycles. The second kappa shape index (κ2) is 5.00. The third-order valence-electron chi connectivity index (χ3n) is 3.33. The summed E-state index contributed by atoms with van der Waals surface area (Å²) in [5.74, 6) is 3.36. The van der Waals surface area contributed by atoms with Crippen molar-refractivity contribution in [2.45, 2.75) is 52.6 Å². The van der Waals surface area contributed by atoms with E-state index in [9.17, 15) is 4.79 Å². The van der Waals surface area contributed by atoms with Gasteiger partial charge in [0.25, 0.3) is 0 Å². The molecule has 96 valence electrons. The maximum absolute atomic E-state index is 11.5. The van der Waals surface area contributed by atoms with Crippen LogP contribution in [0.3, 0.4) is 0 Å². The number of nitrogens with one attached hydrogen (secondary N) is 1. The van der Waals surface area contributed by atoms with Crippen molar-refractivity contribution in [1.29, 1.82) is 0 Å². The molecule has 0 bridgehead atoms. The lowest BCUT2D eigenvalue weighted by Gasteiger charge is -2.39. The Bertz CT molecular complexity index is 320. The molecular weight excluding hydrogens is 214 g/mol. The molecule has 0 heterocycles. The number of carbonyl (C=O) groups excluding carboxylic acids is 1. The van der Waals surface area contributed by atoms with Gasteiger partial charge in [-0.3, -0.25) is 0 Å². The summed E-state index contributed by atoms with van der Waals surface area (Å²) in [5, 5.41) is 2.78. The van der Waals surface area contributed by atoms with Gasteiger partial charge in [-0.15, -0.1) is 6.42 Å². The molecule has 3 heteroatoms. The number of amides is 1. The van der Waals surface area contributed by atoms with E-state index in [0.29, 0.717) is 12.5 Å². The lowest BCUT2D eigenvalue weighted by molar-refractivity contribution is 0.0486. The molecule has 3 nitrogen and oxygen atoms in total. The van der Waals surface area contributed by atoms with Crippen molar-refractivity contribution >= 4 is 6.09 Å². The van der Waals surface area contributed by atoms with Crippen LogP contribution in [0.1, 0.15) is 47.0 Å². The fourth-order valence-electron chi connectivity index (χ4n) is 1.93. The second-order valence-corrected chi connectivity index (χ2v) is 6.05. The van der Waals surface area contributed by atoms with E-state index in [4.69, 9.17) is 11.2 Å². The van der Waals surface area contributed by atoms with Crippen LogP contribution in [0.4, 0.5) is 4.79 Å². The van der Waals surface area contributed by atoms with Gasteiger partial charge in [0, 0.05) is 12.0 Å². The fraction of sp³-hybridized carbons (Fsp3) is 0.786. The lowest BCUT2D eigenvalue weighted by Crippen LogP contribution is -2.43. The van der Waals surface area contributed by atoms with Crippen molar-refractivity contribution in [3.63, 3.8) is 0 Å². The van der Waals surface area contributed by atoms with Gasteiger partial charge in [0.2, 0.25) is 0 Å². The van der Waals surface area contributed by atoms with Crippen molar-refractivity contribution in [3.05, 3.63) is 0 Å². The minimum absolute atomic E-state index is 0.241. The topological polar surface area (TPSA) is 38.3 Å². The van der Waals surface area contributed by atoms with Gasteiger partial charge in [0.1, 0.15) is 5.60 Å². The number of carbonyl (C=O) groups is 1. The molecule has 0 aliphatic heterocycles. The molecule has 1 N–H and O–H groups in total.